The molecule has 0 saturated carbocycles. The van der Waals surface area contributed by atoms with Crippen molar-refractivity contribution in [1.82, 2.24) is 15.1 Å². The van der Waals surface area contributed by atoms with Crippen molar-refractivity contribution in [3.8, 4) is 0 Å². The third-order valence-electron chi connectivity index (χ3n) is 3.05. The van der Waals surface area contributed by atoms with Crippen molar-refractivity contribution < 1.29 is 4.74 Å². The van der Waals surface area contributed by atoms with E-state index < -0.39 is 0 Å². The lowest BCUT2D eigenvalue weighted by molar-refractivity contribution is 0.189. The molecule has 0 aromatic carbocycles. The third kappa shape index (κ3) is 4.48. The lowest BCUT2D eigenvalue weighted by Crippen LogP contribution is -2.29. The molecule has 0 radical (unpaired) electrons. The second-order valence-electron chi connectivity index (χ2n) is 4.42. The molecule has 0 aliphatic rings. The summed E-state index contributed by atoms with van der Waals surface area (Å²) in [6.07, 6.45) is 3.27. The van der Waals surface area contributed by atoms with Crippen molar-refractivity contribution in [2.45, 2.75) is 45.7 Å². The lowest BCUT2D eigenvalue weighted by atomic mass is 10.1. The van der Waals surface area contributed by atoms with Crippen LogP contribution in [0.1, 0.15) is 31.2 Å². The zero-order valence-electron chi connectivity index (χ0n) is 11.5. The third-order valence-corrected chi connectivity index (χ3v) is 3.05. The largest absolute Gasteiger partial charge is 0.385 e. The second-order valence-corrected chi connectivity index (χ2v) is 4.42. The van der Waals surface area contributed by atoms with Crippen LogP contribution in [0.3, 0.4) is 0 Å². The van der Waals surface area contributed by atoms with Crippen molar-refractivity contribution in [3.63, 3.8) is 0 Å². The minimum absolute atomic E-state index is 0.506. The van der Waals surface area contributed by atoms with Crippen molar-refractivity contribution in [1.29, 1.82) is 0 Å². The Kier molecular flexibility index (Phi) is 6.22. The molecule has 0 aliphatic carbocycles. The summed E-state index contributed by atoms with van der Waals surface area (Å²) in [6.45, 7) is 5.96. The number of hydrogen-bond acceptors (Lipinski definition) is 3. The number of likely N-dealkylation sites (N-methyl/N-ethyl adjacent to an activating group) is 1. The first-order valence-corrected chi connectivity index (χ1v) is 6.40. The van der Waals surface area contributed by atoms with Crippen LogP contribution in [0.5, 0.6) is 0 Å². The first-order chi connectivity index (χ1) is 8.21. The zero-order chi connectivity index (χ0) is 12.7. The normalized spacial score (nSPS) is 12.9. The van der Waals surface area contributed by atoms with E-state index in [-0.39, 0.29) is 0 Å². The van der Waals surface area contributed by atoms with Gasteiger partial charge in [-0.1, -0.05) is 0 Å². The highest BCUT2D eigenvalue weighted by Crippen LogP contribution is 2.10. The predicted molar refractivity (Wildman–Crippen MR) is 70.3 cm³/mol. The van der Waals surface area contributed by atoms with Gasteiger partial charge in [-0.25, -0.2) is 0 Å². The molecule has 4 nitrogen and oxygen atoms in total. The summed E-state index contributed by atoms with van der Waals surface area (Å²) < 4.78 is 7.18. The summed E-state index contributed by atoms with van der Waals surface area (Å²) in [4.78, 5) is 0. The Balaban J connectivity index is 2.53. The van der Waals surface area contributed by atoms with E-state index in [0.29, 0.717) is 6.04 Å². The Labute approximate surface area is 104 Å². The fourth-order valence-corrected chi connectivity index (χ4v) is 2.11. The molecule has 0 amide bonds. The number of rotatable bonds is 8. The van der Waals surface area contributed by atoms with Crippen molar-refractivity contribution in [3.05, 3.63) is 17.5 Å². The minimum atomic E-state index is 0.506. The average molecular weight is 239 g/mol. The Morgan fingerprint density at radius 2 is 2.29 bits per heavy atom. The van der Waals surface area contributed by atoms with Gasteiger partial charge < -0.3 is 10.1 Å². The van der Waals surface area contributed by atoms with Crippen molar-refractivity contribution in [2.24, 2.45) is 0 Å². The molecule has 98 valence electrons. The summed E-state index contributed by atoms with van der Waals surface area (Å²) in [5, 5.41) is 7.85. The fourth-order valence-electron chi connectivity index (χ4n) is 2.11. The van der Waals surface area contributed by atoms with Crippen LogP contribution in [0.15, 0.2) is 6.07 Å². The topological polar surface area (TPSA) is 39.1 Å². The molecule has 0 aliphatic heterocycles. The molecule has 0 spiro atoms. The minimum Gasteiger partial charge on any atom is -0.385 e. The van der Waals surface area contributed by atoms with Gasteiger partial charge in [-0.2, -0.15) is 5.10 Å². The molecule has 0 bridgehead atoms. The summed E-state index contributed by atoms with van der Waals surface area (Å²) in [5.41, 5.74) is 2.43. The lowest BCUT2D eigenvalue weighted by Gasteiger charge is -2.16. The average Bonchev–Trinajstić information content (AvgIpc) is 2.68. The zero-order valence-corrected chi connectivity index (χ0v) is 11.5. The van der Waals surface area contributed by atoms with Crippen LogP contribution in [0, 0.1) is 6.92 Å². The molecule has 1 rings (SSSR count). The number of hydrogen-bond donors (Lipinski definition) is 1. The van der Waals surface area contributed by atoms with Gasteiger partial charge in [0.05, 0.1) is 5.69 Å². The van der Waals surface area contributed by atoms with Gasteiger partial charge in [0.2, 0.25) is 0 Å². The second kappa shape index (κ2) is 7.45. The quantitative estimate of drug-likeness (QED) is 0.703. The van der Waals surface area contributed by atoms with Gasteiger partial charge in [-0.3, -0.25) is 4.68 Å². The molecule has 4 heteroatoms. The van der Waals surface area contributed by atoms with Crippen LogP contribution in [-0.2, 0) is 17.7 Å². The molecular formula is C13H25N3O. The van der Waals surface area contributed by atoms with Crippen LogP contribution in [0.4, 0.5) is 0 Å². The van der Waals surface area contributed by atoms with Crippen LogP contribution < -0.4 is 5.32 Å². The summed E-state index contributed by atoms with van der Waals surface area (Å²) >= 11 is 0. The SMILES string of the molecule is CCn1nc(C)cc1CC(CCCOC)NC. The van der Waals surface area contributed by atoms with Gasteiger partial charge >= 0.3 is 0 Å². The predicted octanol–water partition coefficient (Wildman–Crippen LogP) is 1.77. The summed E-state index contributed by atoms with van der Waals surface area (Å²) in [7, 11) is 3.78. The van der Waals surface area contributed by atoms with Crippen LogP contribution in [0.25, 0.3) is 0 Å². The van der Waals surface area contributed by atoms with Crippen molar-refractivity contribution in [2.75, 3.05) is 20.8 Å². The maximum absolute atomic E-state index is 5.09. The number of methoxy groups -OCH3 is 1. The van der Waals surface area contributed by atoms with Gasteiger partial charge in [0.15, 0.2) is 0 Å². The molecule has 0 fully saturated rings. The molecule has 1 N–H and O–H groups in total. The van der Waals surface area contributed by atoms with Gasteiger partial charge in [-0.05, 0) is 39.8 Å². The van der Waals surface area contributed by atoms with Gasteiger partial charge in [0, 0.05) is 38.4 Å². The molecule has 1 aromatic heterocycles. The Morgan fingerprint density at radius 1 is 1.53 bits per heavy atom. The van der Waals surface area contributed by atoms with E-state index in [1.807, 2.05) is 7.05 Å². The Bertz CT molecular complexity index is 322. The number of nitrogens with one attached hydrogen (secondary N) is 1. The van der Waals surface area contributed by atoms with E-state index >= 15 is 0 Å². The van der Waals surface area contributed by atoms with Gasteiger partial charge in [0.1, 0.15) is 0 Å². The molecule has 17 heavy (non-hydrogen) atoms. The smallest absolute Gasteiger partial charge is 0.0596 e. The molecule has 1 unspecified atom stereocenters. The fraction of sp³-hybridized carbons (Fsp3) is 0.769. The molecule has 0 saturated heterocycles. The van der Waals surface area contributed by atoms with E-state index in [9.17, 15) is 0 Å². The number of ether oxygens (including phenoxy) is 1. The van der Waals surface area contributed by atoms with E-state index in [1.54, 1.807) is 7.11 Å². The van der Waals surface area contributed by atoms with E-state index in [4.69, 9.17) is 4.74 Å². The van der Waals surface area contributed by atoms with Gasteiger partial charge in [-0.15, -0.1) is 0 Å². The molecular weight excluding hydrogens is 214 g/mol. The standard InChI is InChI=1S/C13H25N3O/c1-5-16-13(9-11(2)15-16)10-12(14-3)7-6-8-17-4/h9,12,14H,5-8,10H2,1-4H3. The molecule has 1 aromatic rings. The number of aromatic nitrogens is 2. The monoisotopic (exact) mass is 239 g/mol. The van der Waals surface area contributed by atoms with Crippen LogP contribution in [0.2, 0.25) is 0 Å². The first-order valence-electron chi connectivity index (χ1n) is 6.40. The highest BCUT2D eigenvalue weighted by Gasteiger charge is 2.11. The number of nitrogens with zero attached hydrogens (tertiary/aromatic N) is 2. The molecule has 1 heterocycles. The van der Waals surface area contributed by atoms with E-state index in [2.05, 4.69) is 35.0 Å². The number of aryl methyl sites for hydroxylation is 2. The summed E-state index contributed by atoms with van der Waals surface area (Å²) in [5.74, 6) is 0. The maximum atomic E-state index is 5.09. The van der Waals surface area contributed by atoms with Crippen LogP contribution >= 0.6 is 0 Å². The Morgan fingerprint density at radius 3 is 2.88 bits per heavy atom. The summed E-state index contributed by atoms with van der Waals surface area (Å²) in [6, 6.07) is 2.69. The van der Waals surface area contributed by atoms with Crippen molar-refractivity contribution >= 4 is 0 Å². The molecule has 1 atom stereocenters. The Hall–Kier alpha value is -0.870. The van der Waals surface area contributed by atoms with E-state index in [0.717, 1.165) is 38.1 Å². The maximum Gasteiger partial charge on any atom is 0.0596 e. The van der Waals surface area contributed by atoms with E-state index in [1.165, 1.54) is 5.69 Å². The highest BCUT2D eigenvalue weighted by molar-refractivity contribution is 5.10. The highest BCUT2D eigenvalue weighted by atomic mass is 16.5. The van der Waals surface area contributed by atoms with Crippen LogP contribution in [-0.4, -0.2) is 36.6 Å². The first kappa shape index (κ1) is 14.2. The van der Waals surface area contributed by atoms with Gasteiger partial charge in [0.25, 0.3) is 0 Å².